The predicted molar refractivity (Wildman–Crippen MR) is 104 cm³/mol. The van der Waals surface area contributed by atoms with E-state index < -0.39 is 5.60 Å². The standard InChI is InChI=1S/C23H26FNO3/c24-19-8-6-17(7-9-19)12-13-23(27)14-20-10-11-21(15-23)25(20)22(26)28-16-18-4-2-1-3-5-18/h1-9,20-21,27H,10-16H2. The van der Waals surface area contributed by atoms with Crippen LogP contribution in [-0.4, -0.2) is 33.8 Å². The summed E-state index contributed by atoms with van der Waals surface area (Å²) in [4.78, 5) is 14.5. The summed E-state index contributed by atoms with van der Waals surface area (Å²) in [6, 6.07) is 16.2. The van der Waals surface area contributed by atoms with Crippen molar-refractivity contribution in [1.29, 1.82) is 0 Å². The topological polar surface area (TPSA) is 49.8 Å². The van der Waals surface area contributed by atoms with Gasteiger partial charge < -0.3 is 14.7 Å². The first kappa shape index (κ1) is 18.9. The number of nitrogens with zero attached hydrogens (tertiary/aromatic N) is 1. The largest absolute Gasteiger partial charge is 0.445 e. The van der Waals surface area contributed by atoms with Crippen LogP contribution >= 0.6 is 0 Å². The molecule has 2 aliphatic heterocycles. The van der Waals surface area contributed by atoms with Gasteiger partial charge in [0.2, 0.25) is 0 Å². The molecule has 4 rings (SSSR count). The van der Waals surface area contributed by atoms with Crippen LogP contribution in [0.25, 0.3) is 0 Å². The van der Waals surface area contributed by atoms with Gasteiger partial charge in [-0.05, 0) is 61.8 Å². The number of ether oxygens (including phenoxy) is 1. The van der Waals surface area contributed by atoms with Gasteiger partial charge >= 0.3 is 6.09 Å². The molecule has 1 N–H and O–H groups in total. The molecular formula is C23H26FNO3. The van der Waals surface area contributed by atoms with Gasteiger partial charge in [0.25, 0.3) is 0 Å². The van der Waals surface area contributed by atoms with Gasteiger partial charge in [0.15, 0.2) is 0 Å². The Labute approximate surface area is 164 Å². The molecule has 2 aromatic rings. The average Bonchev–Trinajstić information content (AvgIpc) is 2.99. The molecule has 2 aromatic carbocycles. The molecule has 0 spiro atoms. The average molecular weight is 383 g/mol. The van der Waals surface area contributed by atoms with E-state index in [4.69, 9.17) is 4.74 Å². The third-order valence-corrected chi connectivity index (χ3v) is 6.06. The predicted octanol–water partition coefficient (Wildman–Crippen LogP) is 4.45. The van der Waals surface area contributed by atoms with E-state index >= 15 is 0 Å². The van der Waals surface area contributed by atoms with Crippen molar-refractivity contribution in [3.05, 3.63) is 71.5 Å². The Bertz CT molecular complexity index is 794. The highest BCUT2D eigenvalue weighted by Gasteiger charge is 2.49. The molecule has 28 heavy (non-hydrogen) atoms. The molecular weight excluding hydrogens is 357 g/mol. The molecule has 2 heterocycles. The Hall–Kier alpha value is -2.40. The summed E-state index contributed by atoms with van der Waals surface area (Å²) in [6.07, 6.45) is 4.01. The Morgan fingerprint density at radius 1 is 1.04 bits per heavy atom. The summed E-state index contributed by atoms with van der Waals surface area (Å²) in [5.74, 6) is -0.247. The number of halogens is 1. The zero-order valence-electron chi connectivity index (χ0n) is 15.9. The van der Waals surface area contributed by atoms with E-state index in [-0.39, 0.29) is 30.6 Å². The fourth-order valence-electron chi connectivity index (χ4n) is 4.65. The molecule has 2 unspecified atom stereocenters. The molecule has 148 valence electrons. The first-order valence-electron chi connectivity index (χ1n) is 9.98. The maximum atomic E-state index is 13.1. The summed E-state index contributed by atoms with van der Waals surface area (Å²) in [7, 11) is 0. The fraction of sp³-hybridized carbons (Fsp3) is 0.435. The van der Waals surface area contributed by atoms with Crippen molar-refractivity contribution in [2.75, 3.05) is 0 Å². The van der Waals surface area contributed by atoms with Gasteiger partial charge in [0.05, 0.1) is 5.60 Å². The van der Waals surface area contributed by atoms with E-state index in [0.717, 1.165) is 24.0 Å². The first-order valence-corrected chi connectivity index (χ1v) is 9.98. The molecule has 1 amide bonds. The normalized spacial score (nSPS) is 26.3. The van der Waals surface area contributed by atoms with Crippen molar-refractivity contribution in [2.24, 2.45) is 0 Å². The van der Waals surface area contributed by atoms with E-state index in [2.05, 4.69) is 0 Å². The van der Waals surface area contributed by atoms with Gasteiger partial charge in [-0.25, -0.2) is 9.18 Å². The van der Waals surface area contributed by atoms with Crippen molar-refractivity contribution in [2.45, 2.75) is 62.8 Å². The Morgan fingerprint density at radius 2 is 1.68 bits per heavy atom. The van der Waals surface area contributed by atoms with Gasteiger partial charge in [0, 0.05) is 12.1 Å². The minimum Gasteiger partial charge on any atom is -0.445 e. The van der Waals surface area contributed by atoms with Gasteiger partial charge in [-0.2, -0.15) is 0 Å². The second-order valence-electron chi connectivity index (χ2n) is 8.09. The van der Waals surface area contributed by atoms with Gasteiger partial charge in [-0.1, -0.05) is 42.5 Å². The van der Waals surface area contributed by atoms with E-state index in [0.29, 0.717) is 25.7 Å². The molecule has 2 aliphatic rings. The molecule has 2 bridgehead atoms. The maximum absolute atomic E-state index is 13.1. The highest BCUT2D eigenvalue weighted by molar-refractivity contribution is 5.69. The minimum atomic E-state index is -0.781. The smallest absolute Gasteiger partial charge is 0.410 e. The van der Waals surface area contributed by atoms with E-state index in [1.54, 1.807) is 12.1 Å². The second kappa shape index (κ2) is 7.92. The van der Waals surface area contributed by atoms with E-state index in [1.165, 1.54) is 12.1 Å². The quantitative estimate of drug-likeness (QED) is 0.830. The van der Waals surface area contributed by atoms with Crippen LogP contribution in [0.4, 0.5) is 9.18 Å². The second-order valence-corrected chi connectivity index (χ2v) is 8.09. The lowest BCUT2D eigenvalue weighted by Crippen LogP contribution is -2.53. The lowest BCUT2D eigenvalue weighted by Gasteiger charge is -2.43. The van der Waals surface area contributed by atoms with E-state index in [1.807, 2.05) is 35.2 Å². The van der Waals surface area contributed by atoms with Gasteiger partial charge in [0.1, 0.15) is 12.4 Å². The van der Waals surface area contributed by atoms with Crippen LogP contribution < -0.4 is 0 Å². The van der Waals surface area contributed by atoms with Crippen LogP contribution in [0.3, 0.4) is 0 Å². The van der Waals surface area contributed by atoms with Crippen LogP contribution in [0.5, 0.6) is 0 Å². The summed E-state index contributed by atoms with van der Waals surface area (Å²) in [6.45, 7) is 0.268. The zero-order chi connectivity index (χ0) is 19.6. The van der Waals surface area contributed by atoms with Crippen LogP contribution in [0.2, 0.25) is 0 Å². The number of fused-ring (bicyclic) bond motifs is 2. The molecule has 2 saturated heterocycles. The fourth-order valence-corrected chi connectivity index (χ4v) is 4.65. The third-order valence-electron chi connectivity index (χ3n) is 6.06. The maximum Gasteiger partial charge on any atom is 0.410 e. The number of aryl methyl sites for hydroxylation is 1. The van der Waals surface area contributed by atoms with Crippen LogP contribution in [0.15, 0.2) is 54.6 Å². The number of carbonyl (C=O) groups is 1. The summed E-state index contributed by atoms with van der Waals surface area (Å²) in [5.41, 5.74) is 1.21. The number of carbonyl (C=O) groups excluding carboxylic acids is 1. The number of aliphatic hydroxyl groups is 1. The van der Waals surface area contributed by atoms with E-state index in [9.17, 15) is 14.3 Å². The van der Waals surface area contributed by atoms with Crippen molar-refractivity contribution in [3.8, 4) is 0 Å². The molecule has 0 aromatic heterocycles. The van der Waals surface area contributed by atoms with Crippen molar-refractivity contribution >= 4 is 6.09 Å². The first-order chi connectivity index (χ1) is 13.5. The number of rotatable bonds is 5. The molecule has 2 atom stereocenters. The molecule has 2 fully saturated rings. The third kappa shape index (κ3) is 4.20. The lowest BCUT2D eigenvalue weighted by atomic mass is 9.82. The van der Waals surface area contributed by atoms with Crippen LogP contribution in [0.1, 0.15) is 43.2 Å². The van der Waals surface area contributed by atoms with Crippen molar-refractivity contribution < 1.29 is 19.0 Å². The summed E-state index contributed by atoms with van der Waals surface area (Å²) < 4.78 is 18.6. The number of amides is 1. The van der Waals surface area contributed by atoms with Crippen molar-refractivity contribution in [1.82, 2.24) is 4.90 Å². The Morgan fingerprint density at radius 3 is 2.32 bits per heavy atom. The summed E-state index contributed by atoms with van der Waals surface area (Å²) in [5, 5.41) is 11.1. The molecule has 0 aliphatic carbocycles. The van der Waals surface area contributed by atoms with Crippen LogP contribution in [0, 0.1) is 5.82 Å². The number of piperidine rings is 1. The number of hydrogen-bond donors (Lipinski definition) is 1. The molecule has 5 heteroatoms. The Balaban J connectivity index is 1.34. The monoisotopic (exact) mass is 383 g/mol. The number of hydrogen-bond acceptors (Lipinski definition) is 3. The minimum absolute atomic E-state index is 0.0280. The number of benzene rings is 2. The summed E-state index contributed by atoms with van der Waals surface area (Å²) >= 11 is 0. The van der Waals surface area contributed by atoms with Gasteiger partial charge in [-0.15, -0.1) is 0 Å². The highest BCUT2D eigenvalue weighted by atomic mass is 19.1. The zero-order valence-corrected chi connectivity index (χ0v) is 15.9. The SMILES string of the molecule is O=C(OCc1ccccc1)N1C2CCC1CC(O)(CCc1ccc(F)cc1)C2. The Kier molecular flexibility index (Phi) is 5.36. The van der Waals surface area contributed by atoms with Gasteiger partial charge in [-0.3, -0.25) is 0 Å². The molecule has 0 saturated carbocycles. The lowest BCUT2D eigenvalue weighted by molar-refractivity contribution is -0.0538. The van der Waals surface area contributed by atoms with Crippen molar-refractivity contribution in [3.63, 3.8) is 0 Å². The van der Waals surface area contributed by atoms with Crippen LogP contribution in [-0.2, 0) is 17.8 Å². The highest BCUT2D eigenvalue weighted by Crippen LogP contribution is 2.43. The molecule has 4 nitrogen and oxygen atoms in total. The molecule has 0 radical (unpaired) electrons.